The Morgan fingerprint density at radius 1 is 0.552 bits per heavy atom. The van der Waals surface area contributed by atoms with Crippen LogP contribution in [0.3, 0.4) is 0 Å². The van der Waals surface area contributed by atoms with Crippen molar-refractivity contribution in [2.75, 3.05) is 7.11 Å². The maximum atomic E-state index is 11.0. The van der Waals surface area contributed by atoms with Crippen LogP contribution in [-0.2, 0) is 5.41 Å². The zero-order valence-electron chi connectivity index (χ0n) is 16.1. The van der Waals surface area contributed by atoms with Crippen LogP contribution in [0.4, 0.5) is 0 Å². The fourth-order valence-electron chi connectivity index (χ4n) is 4.13. The number of para-hydroxylation sites is 3. The largest absolute Gasteiger partial charge is 0.508 e. The summed E-state index contributed by atoms with van der Waals surface area (Å²) in [5, 5.41) is 21.9. The van der Waals surface area contributed by atoms with Crippen molar-refractivity contribution < 1.29 is 14.9 Å². The second-order valence-corrected chi connectivity index (χ2v) is 6.85. The standard InChI is InChI=1S/C26H22O3/c1-29-25-18-10-7-15-22(25)26(19-11-3-2-4-12-19,20-13-5-8-16-23(20)27)21-14-6-9-17-24(21)28/h2-18,27-28H,1H3. The Hall–Kier alpha value is -3.72. The molecule has 0 saturated carbocycles. The lowest BCUT2D eigenvalue weighted by Crippen LogP contribution is -2.31. The Labute approximate surface area is 170 Å². The van der Waals surface area contributed by atoms with Crippen LogP contribution < -0.4 is 4.74 Å². The van der Waals surface area contributed by atoms with Crippen molar-refractivity contribution in [3.63, 3.8) is 0 Å². The molecule has 0 aromatic heterocycles. The summed E-state index contributed by atoms with van der Waals surface area (Å²) in [6.45, 7) is 0. The van der Waals surface area contributed by atoms with E-state index in [0.717, 1.165) is 11.1 Å². The number of phenolic OH excluding ortho intramolecular Hbond substituents is 2. The first-order chi connectivity index (χ1) is 14.2. The summed E-state index contributed by atoms with van der Waals surface area (Å²) in [7, 11) is 1.63. The van der Waals surface area contributed by atoms with Gasteiger partial charge in [-0.25, -0.2) is 0 Å². The van der Waals surface area contributed by atoms with Gasteiger partial charge in [-0.05, 0) is 23.8 Å². The van der Waals surface area contributed by atoms with Crippen molar-refractivity contribution >= 4 is 0 Å². The maximum Gasteiger partial charge on any atom is 0.123 e. The molecular weight excluding hydrogens is 360 g/mol. The van der Waals surface area contributed by atoms with Gasteiger partial charge in [-0.3, -0.25) is 0 Å². The van der Waals surface area contributed by atoms with Crippen LogP contribution >= 0.6 is 0 Å². The Balaban J connectivity index is 2.24. The summed E-state index contributed by atoms with van der Waals surface area (Å²) >= 11 is 0. The minimum Gasteiger partial charge on any atom is -0.508 e. The molecule has 3 heteroatoms. The van der Waals surface area contributed by atoms with E-state index >= 15 is 0 Å². The molecule has 0 aliphatic heterocycles. The normalized spacial score (nSPS) is 11.2. The number of rotatable bonds is 5. The summed E-state index contributed by atoms with van der Waals surface area (Å²) in [5.74, 6) is 0.957. The molecule has 0 heterocycles. The van der Waals surface area contributed by atoms with E-state index in [1.165, 1.54) is 0 Å². The molecule has 0 unspecified atom stereocenters. The summed E-state index contributed by atoms with van der Waals surface area (Å²) in [5.41, 5.74) is 2.09. The van der Waals surface area contributed by atoms with E-state index in [2.05, 4.69) is 0 Å². The third-order valence-electron chi connectivity index (χ3n) is 5.33. The minimum absolute atomic E-state index is 0.144. The van der Waals surface area contributed by atoms with Crippen LogP contribution in [0.2, 0.25) is 0 Å². The van der Waals surface area contributed by atoms with Crippen LogP contribution in [0.15, 0.2) is 103 Å². The highest BCUT2D eigenvalue weighted by atomic mass is 16.5. The van der Waals surface area contributed by atoms with E-state index in [-0.39, 0.29) is 11.5 Å². The molecule has 0 aliphatic rings. The van der Waals surface area contributed by atoms with E-state index in [0.29, 0.717) is 16.9 Å². The lowest BCUT2D eigenvalue weighted by molar-refractivity contribution is 0.400. The van der Waals surface area contributed by atoms with Crippen molar-refractivity contribution in [2.45, 2.75) is 5.41 Å². The highest BCUT2D eigenvalue weighted by Crippen LogP contribution is 2.52. The van der Waals surface area contributed by atoms with Crippen molar-refractivity contribution in [3.8, 4) is 17.2 Å². The molecule has 0 spiro atoms. The predicted molar refractivity (Wildman–Crippen MR) is 115 cm³/mol. The average molecular weight is 382 g/mol. The molecule has 3 nitrogen and oxygen atoms in total. The number of ether oxygens (including phenoxy) is 1. The third-order valence-corrected chi connectivity index (χ3v) is 5.33. The first-order valence-corrected chi connectivity index (χ1v) is 9.45. The lowest BCUT2D eigenvalue weighted by Gasteiger charge is -2.38. The molecule has 4 rings (SSSR count). The molecule has 2 N–H and O–H groups in total. The quantitative estimate of drug-likeness (QED) is 0.449. The smallest absolute Gasteiger partial charge is 0.123 e. The third kappa shape index (κ3) is 3.01. The van der Waals surface area contributed by atoms with Gasteiger partial charge in [0.2, 0.25) is 0 Å². The Morgan fingerprint density at radius 2 is 1.00 bits per heavy atom. The summed E-state index contributed by atoms with van der Waals surface area (Å²) < 4.78 is 5.73. The van der Waals surface area contributed by atoms with Crippen LogP contribution in [0.1, 0.15) is 22.3 Å². The van der Waals surface area contributed by atoms with Crippen LogP contribution in [0, 0.1) is 0 Å². The van der Waals surface area contributed by atoms with Gasteiger partial charge >= 0.3 is 0 Å². The highest BCUT2D eigenvalue weighted by molar-refractivity contribution is 5.67. The topological polar surface area (TPSA) is 49.7 Å². The first-order valence-electron chi connectivity index (χ1n) is 9.45. The second kappa shape index (κ2) is 7.72. The molecular formula is C26H22O3. The molecule has 0 amide bonds. The molecule has 4 aromatic carbocycles. The SMILES string of the molecule is COc1ccccc1C(c1ccccc1)(c1ccccc1O)c1ccccc1O. The van der Waals surface area contributed by atoms with Gasteiger partial charge in [0, 0.05) is 16.7 Å². The van der Waals surface area contributed by atoms with Gasteiger partial charge in [-0.15, -0.1) is 0 Å². The molecule has 144 valence electrons. The van der Waals surface area contributed by atoms with E-state index in [1.807, 2.05) is 78.9 Å². The van der Waals surface area contributed by atoms with Crippen molar-refractivity contribution in [1.82, 2.24) is 0 Å². The Morgan fingerprint density at radius 3 is 1.52 bits per heavy atom. The summed E-state index contributed by atoms with van der Waals surface area (Å²) in [6, 6.07) is 32.1. The summed E-state index contributed by atoms with van der Waals surface area (Å²) in [6.07, 6.45) is 0. The van der Waals surface area contributed by atoms with Gasteiger partial charge in [0.05, 0.1) is 12.5 Å². The number of aromatic hydroxyl groups is 2. The van der Waals surface area contributed by atoms with Crippen molar-refractivity contribution in [1.29, 1.82) is 0 Å². The van der Waals surface area contributed by atoms with E-state index < -0.39 is 5.41 Å². The molecule has 0 atom stereocenters. The Bertz CT molecular complexity index is 1070. The van der Waals surface area contributed by atoms with Gasteiger partial charge in [0.1, 0.15) is 17.2 Å². The van der Waals surface area contributed by atoms with Crippen LogP contribution in [0.25, 0.3) is 0 Å². The fourth-order valence-corrected chi connectivity index (χ4v) is 4.13. The number of methoxy groups -OCH3 is 1. The molecule has 0 fully saturated rings. The van der Waals surface area contributed by atoms with Gasteiger partial charge in [-0.1, -0.05) is 84.9 Å². The van der Waals surface area contributed by atoms with Crippen LogP contribution in [0.5, 0.6) is 17.2 Å². The predicted octanol–water partition coefficient (Wildman–Crippen LogP) is 5.49. The van der Waals surface area contributed by atoms with E-state index in [9.17, 15) is 10.2 Å². The second-order valence-electron chi connectivity index (χ2n) is 6.85. The van der Waals surface area contributed by atoms with Crippen LogP contribution in [-0.4, -0.2) is 17.3 Å². The molecule has 0 bridgehead atoms. The molecule has 0 radical (unpaired) electrons. The lowest BCUT2D eigenvalue weighted by atomic mass is 9.64. The molecule has 0 saturated heterocycles. The highest BCUT2D eigenvalue weighted by Gasteiger charge is 2.43. The Kier molecular flexibility index (Phi) is 4.96. The number of hydrogen-bond donors (Lipinski definition) is 2. The van der Waals surface area contributed by atoms with Gasteiger partial charge in [0.25, 0.3) is 0 Å². The minimum atomic E-state index is -0.982. The zero-order chi connectivity index (χ0) is 20.3. The first kappa shape index (κ1) is 18.6. The number of benzene rings is 4. The fraction of sp³-hybridized carbons (Fsp3) is 0.0769. The van der Waals surface area contributed by atoms with Gasteiger partial charge < -0.3 is 14.9 Å². The molecule has 29 heavy (non-hydrogen) atoms. The average Bonchev–Trinajstić information content (AvgIpc) is 2.77. The summed E-state index contributed by atoms with van der Waals surface area (Å²) in [4.78, 5) is 0. The van der Waals surface area contributed by atoms with Gasteiger partial charge in [-0.2, -0.15) is 0 Å². The van der Waals surface area contributed by atoms with E-state index in [4.69, 9.17) is 4.74 Å². The zero-order valence-corrected chi connectivity index (χ0v) is 16.1. The monoisotopic (exact) mass is 382 g/mol. The number of phenols is 2. The van der Waals surface area contributed by atoms with Crippen molar-refractivity contribution in [2.24, 2.45) is 0 Å². The molecule has 0 aliphatic carbocycles. The maximum absolute atomic E-state index is 11.0. The molecule has 4 aromatic rings. The van der Waals surface area contributed by atoms with Gasteiger partial charge in [0.15, 0.2) is 0 Å². The van der Waals surface area contributed by atoms with E-state index in [1.54, 1.807) is 31.4 Å². The van der Waals surface area contributed by atoms with Crippen molar-refractivity contribution in [3.05, 3.63) is 125 Å². The number of hydrogen-bond acceptors (Lipinski definition) is 3.